The monoisotopic (exact) mass is 267 g/mol. The quantitative estimate of drug-likeness (QED) is 0.623. The second-order valence-electron chi connectivity index (χ2n) is 2.46. The second kappa shape index (κ2) is 4.54. The molecule has 0 atom stereocenters. The van der Waals surface area contributed by atoms with Gasteiger partial charge in [-0.25, -0.2) is 18.2 Å². The fourth-order valence-corrected chi connectivity index (χ4v) is 1.34. The van der Waals surface area contributed by atoms with Crippen LogP contribution >= 0.6 is 15.9 Å². The average molecular weight is 268 g/mol. The van der Waals surface area contributed by atoms with Gasteiger partial charge in [0, 0.05) is 10.9 Å². The molecule has 0 bridgehead atoms. The van der Waals surface area contributed by atoms with E-state index < -0.39 is 17.9 Å². The van der Waals surface area contributed by atoms with Crippen LogP contribution in [0.5, 0.6) is 0 Å². The predicted molar refractivity (Wildman–Crippen MR) is 47.2 cm³/mol. The van der Waals surface area contributed by atoms with Crippen LogP contribution in [0, 0.1) is 5.82 Å². The summed E-state index contributed by atoms with van der Waals surface area (Å²) in [4.78, 5) is 13.5. The Labute approximate surface area is 86.3 Å². The number of aromatic nitrogens is 1. The van der Waals surface area contributed by atoms with E-state index in [2.05, 4.69) is 20.9 Å². The molecule has 0 fully saturated rings. The van der Waals surface area contributed by atoms with Gasteiger partial charge in [0.1, 0.15) is 11.4 Å². The van der Waals surface area contributed by atoms with Crippen LogP contribution < -0.4 is 0 Å². The van der Waals surface area contributed by atoms with Crippen molar-refractivity contribution in [2.45, 2.75) is 11.8 Å². The van der Waals surface area contributed by atoms with E-state index in [0.717, 1.165) is 6.07 Å². The first-order chi connectivity index (χ1) is 6.60. The van der Waals surface area contributed by atoms with Crippen molar-refractivity contribution in [2.75, 3.05) is 0 Å². The molecule has 0 aliphatic rings. The molecule has 0 amide bonds. The number of rotatable bonds is 3. The lowest BCUT2D eigenvalue weighted by Crippen LogP contribution is -2.03. The Hall–Kier alpha value is -0.910. The Morgan fingerprint density at radius 2 is 2.21 bits per heavy atom. The van der Waals surface area contributed by atoms with Crippen LogP contribution in [-0.4, -0.2) is 11.3 Å². The summed E-state index contributed by atoms with van der Waals surface area (Å²) in [6.45, 7) is 0. The van der Waals surface area contributed by atoms with Gasteiger partial charge < -0.3 is 0 Å². The average Bonchev–Trinajstić information content (AvgIpc) is 2.17. The third-order valence-corrected chi connectivity index (χ3v) is 2.15. The van der Waals surface area contributed by atoms with Gasteiger partial charge in [0.15, 0.2) is 12.1 Å². The first kappa shape index (κ1) is 11.2. The standard InChI is InChI=1S/C8H5BrF3NO/c9-2-4-1-5(3-14)13-7(6(4)10)8(11)12/h1,3,8H,2H2. The minimum atomic E-state index is -3.02. The molecule has 2 nitrogen and oxygen atoms in total. The molecule has 0 aliphatic heterocycles. The molecule has 0 N–H and O–H groups in total. The lowest BCUT2D eigenvalue weighted by Gasteiger charge is -2.05. The van der Waals surface area contributed by atoms with Crippen molar-refractivity contribution in [3.63, 3.8) is 0 Å². The van der Waals surface area contributed by atoms with Crippen LogP contribution in [0.4, 0.5) is 13.2 Å². The fourth-order valence-electron chi connectivity index (χ4n) is 0.929. The largest absolute Gasteiger partial charge is 0.296 e. The highest BCUT2D eigenvalue weighted by Crippen LogP contribution is 2.23. The molecule has 0 saturated carbocycles. The summed E-state index contributed by atoms with van der Waals surface area (Å²) in [5, 5.41) is 0.0575. The molecule has 0 spiro atoms. The van der Waals surface area contributed by atoms with Crippen molar-refractivity contribution in [2.24, 2.45) is 0 Å². The Balaban J connectivity index is 3.34. The number of nitrogens with zero attached hydrogens (tertiary/aromatic N) is 1. The summed E-state index contributed by atoms with van der Waals surface area (Å²) in [5.74, 6) is -1.07. The van der Waals surface area contributed by atoms with Gasteiger partial charge in [0.2, 0.25) is 0 Å². The molecule has 0 saturated heterocycles. The first-order valence-corrected chi connectivity index (χ1v) is 4.71. The van der Waals surface area contributed by atoms with Crippen LogP contribution in [0.1, 0.15) is 28.2 Å². The van der Waals surface area contributed by atoms with E-state index in [9.17, 15) is 18.0 Å². The van der Waals surface area contributed by atoms with E-state index >= 15 is 0 Å². The minimum absolute atomic E-state index is 0.00241. The smallest absolute Gasteiger partial charge is 0.283 e. The topological polar surface area (TPSA) is 30.0 Å². The molecule has 1 aromatic rings. The molecular weight excluding hydrogens is 263 g/mol. The highest BCUT2D eigenvalue weighted by Gasteiger charge is 2.19. The molecule has 1 heterocycles. The van der Waals surface area contributed by atoms with Crippen molar-refractivity contribution in [1.29, 1.82) is 0 Å². The van der Waals surface area contributed by atoms with Crippen LogP contribution in [0.2, 0.25) is 0 Å². The summed E-state index contributed by atoms with van der Waals surface area (Å²) < 4.78 is 37.6. The number of carbonyl (C=O) groups excluding carboxylic acids is 1. The van der Waals surface area contributed by atoms with Gasteiger partial charge in [-0.05, 0) is 6.07 Å². The Bertz CT molecular complexity index is 357. The molecule has 14 heavy (non-hydrogen) atoms. The third-order valence-electron chi connectivity index (χ3n) is 1.55. The van der Waals surface area contributed by atoms with Crippen LogP contribution in [0.3, 0.4) is 0 Å². The number of hydrogen-bond donors (Lipinski definition) is 0. The Kier molecular flexibility index (Phi) is 3.62. The maximum Gasteiger partial charge on any atom is 0.283 e. The summed E-state index contributed by atoms with van der Waals surface area (Å²) in [5.41, 5.74) is -1.18. The summed E-state index contributed by atoms with van der Waals surface area (Å²) >= 11 is 2.93. The first-order valence-electron chi connectivity index (χ1n) is 3.58. The van der Waals surface area contributed by atoms with E-state index in [1.165, 1.54) is 0 Å². The van der Waals surface area contributed by atoms with Crippen molar-refractivity contribution >= 4 is 22.2 Å². The number of carbonyl (C=O) groups is 1. The van der Waals surface area contributed by atoms with E-state index in [1.807, 2.05) is 0 Å². The van der Waals surface area contributed by atoms with E-state index in [4.69, 9.17) is 0 Å². The molecule has 1 rings (SSSR count). The summed E-state index contributed by atoms with van der Waals surface area (Å²) in [7, 11) is 0. The molecule has 76 valence electrons. The zero-order chi connectivity index (χ0) is 10.7. The number of alkyl halides is 3. The third kappa shape index (κ3) is 2.12. The highest BCUT2D eigenvalue weighted by atomic mass is 79.9. The lowest BCUT2D eigenvalue weighted by atomic mass is 10.2. The number of aldehydes is 1. The number of hydrogen-bond acceptors (Lipinski definition) is 2. The van der Waals surface area contributed by atoms with Gasteiger partial charge >= 0.3 is 0 Å². The summed E-state index contributed by atoms with van der Waals surface area (Å²) in [6, 6.07) is 1.13. The molecule has 0 aliphatic carbocycles. The van der Waals surface area contributed by atoms with Crippen LogP contribution in [-0.2, 0) is 5.33 Å². The van der Waals surface area contributed by atoms with Crippen molar-refractivity contribution < 1.29 is 18.0 Å². The molecular formula is C8H5BrF3NO. The van der Waals surface area contributed by atoms with Crippen molar-refractivity contribution in [3.8, 4) is 0 Å². The van der Waals surface area contributed by atoms with Gasteiger partial charge in [-0.2, -0.15) is 0 Å². The van der Waals surface area contributed by atoms with Crippen LogP contribution in [0.25, 0.3) is 0 Å². The Morgan fingerprint density at radius 3 is 2.64 bits per heavy atom. The maximum absolute atomic E-state index is 13.2. The SMILES string of the molecule is O=Cc1cc(CBr)c(F)c(C(F)F)n1. The van der Waals surface area contributed by atoms with Crippen molar-refractivity contribution in [1.82, 2.24) is 4.98 Å². The zero-order valence-electron chi connectivity index (χ0n) is 6.81. The highest BCUT2D eigenvalue weighted by molar-refractivity contribution is 9.08. The number of pyridine rings is 1. The van der Waals surface area contributed by atoms with Gasteiger partial charge in [0.05, 0.1) is 0 Å². The summed E-state index contributed by atoms with van der Waals surface area (Å²) in [6.07, 6.45) is -2.72. The van der Waals surface area contributed by atoms with Gasteiger partial charge in [0.25, 0.3) is 6.43 Å². The van der Waals surface area contributed by atoms with E-state index in [-0.39, 0.29) is 16.6 Å². The maximum atomic E-state index is 13.2. The van der Waals surface area contributed by atoms with Gasteiger partial charge in [-0.1, -0.05) is 15.9 Å². The van der Waals surface area contributed by atoms with Crippen LogP contribution in [0.15, 0.2) is 6.07 Å². The Morgan fingerprint density at radius 1 is 1.57 bits per heavy atom. The molecule has 0 radical (unpaired) electrons. The van der Waals surface area contributed by atoms with E-state index in [1.54, 1.807) is 0 Å². The van der Waals surface area contributed by atoms with E-state index in [0.29, 0.717) is 6.29 Å². The lowest BCUT2D eigenvalue weighted by molar-refractivity contribution is 0.111. The molecule has 1 aromatic heterocycles. The fraction of sp³-hybridized carbons (Fsp3) is 0.250. The normalized spacial score (nSPS) is 10.6. The minimum Gasteiger partial charge on any atom is -0.296 e. The van der Waals surface area contributed by atoms with Gasteiger partial charge in [-0.15, -0.1) is 0 Å². The van der Waals surface area contributed by atoms with Gasteiger partial charge in [-0.3, -0.25) is 4.79 Å². The number of halogens is 4. The second-order valence-corrected chi connectivity index (χ2v) is 3.02. The molecule has 0 aromatic carbocycles. The molecule has 0 unspecified atom stereocenters. The predicted octanol–water partition coefficient (Wildman–Crippen LogP) is 2.87. The molecule has 6 heteroatoms. The zero-order valence-corrected chi connectivity index (χ0v) is 8.39. The van der Waals surface area contributed by atoms with Crippen molar-refractivity contribution in [3.05, 3.63) is 28.8 Å².